The average molecular weight is 493 g/mol. The van der Waals surface area contributed by atoms with E-state index in [-0.39, 0.29) is 11.6 Å². The molecular weight excluding hydrogens is 464 g/mol. The number of rotatable bonds is 11. The highest BCUT2D eigenvalue weighted by Crippen LogP contribution is 2.28. The lowest BCUT2D eigenvalue weighted by Crippen LogP contribution is -2.08. The molecule has 5 rings (SSSR count). The molecule has 0 saturated heterocycles. The van der Waals surface area contributed by atoms with Gasteiger partial charge in [-0.3, -0.25) is 9.78 Å². The zero-order valence-electron chi connectivity index (χ0n) is 20.7. The third kappa shape index (κ3) is 5.83. The van der Waals surface area contributed by atoms with Crippen LogP contribution in [0.2, 0.25) is 0 Å². The molecule has 186 valence electrons. The maximum atomic E-state index is 12.9. The molecule has 0 amide bonds. The number of carbonyl (C=O) groups excluding carboxylic acids is 1. The van der Waals surface area contributed by atoms with Crippen LogP contribution in [0.15, 0.2) is 72.9 Å². The van der Waals surface area contributed by atoms with Gasteiger partial charge in [0.25, 0.3) is 0 Å². The lowest BCUT2D eigenvalue weighted by atomic mass is 10.0. The van der Waals surface area contributed by atoms with Gasteiger partial charge in [-0.15, -0.1) is 10.2 Å². The number of nitrogens with zero attached hydrogens (tertiary/aromatic N) is 7. The van der Waals surface area contributed by atoms with Gasteiger partial charge in [-0.25, -0.2) is 14.8 Å². The SMILES string of the molecule is CCCCCn1nc(C(=O)Cc2ccccc2)nc1Cc1ccc(-c2ncccc2-c2nnn[nH]2)cc1. The van der Waals surface area contributed by atoms with Crippen molar-refractivity contribution < 1.29 is 4.79 Å². The minimum atomic E-state index is -0.0679. The molecule has 0 unspecified atom stereocenters. The van der Waals surface area contributed by atoms with Crippen molar-refractivity contribution >= 4 is 5.78 Å². The lowest BCUT2D eigenvalue weighted by Gasteiger charge is -2.08. The monoisotopic (exact) mass is 492 g/mol. The maximum absolute atomic E-state index is 12.9. The fourth-order valence-electron chi connectivity index (χ4n) is 4.24. The van der Waals surface area contributed by atoms with Gasteiger partial charge in [0.05, 0.1) is 5.69 Å². The third-order valence-corrected chi connectivity index (χ3v) is 6.18. The normalized spacial score (nSPS) is 11.1. The van der Waals surface area contributed by atoms with Crippen molar-refractivity contribution in [2.45, 2.75) is 45.6 Å². The number of benzene rings is 2. The molecular formula is C28H28N8O. The number of unbranched alkanes of at least 4 members (excludes halogenated alkanes) is 2. The first-order valence-electron chi connectivity index (χ1n) is 12.5. The fraction of sp³-hybridized carbons (Fsp3) is 0.250. The smallest absolute Gasteiger partial charge is 0.217 e. The van der Waals surface area contributed by atoms with Crippen LogP contribution in [0, 0.1) is 0 Å². The summed E-state index contributed by atoms with van der Waals surface area (Å²) >= 11 is 0. The van der Waals surface area contributed by atoms with E-state index in [1.54, 1.807) is 6.20 Å². The molecule has 9 nitrogen and oxygen atoms in total. The molecule has 0 aliphatic heterocycles. The first kappa shape index (κ1) is 24.2. The van der Waals surface area contributed by atoms with Crippen molar-refractivity contribution in [3.05, 3.63) is 95.7 Å². The van der Waals surface area contributed by atoms with Gasteiger partial charge in [0.2, 0.25) is 11.6 Å². The molecule has 0 aliphatic carbocycles. The number of aryl methyl sites for hydroxylation is 1. The molecule has 5 aromatic rings. The van der Waals surface area contributed by atoms with Crippen LogP contribution in [0.1, 0.15) is 53.8 Å². The zero-order valence-corrected chi connectivity index (χ0v) is 20.7. The van der Waals surface area contributed by atoms with E-state index in [2.05, 4.69) is 54.7 Å². The van der Waals surface area contributed by atoms with Gasteiger partial charge in [-0.2, -0.15) is 0 Å². The quantitative estimate of drug-likeness (QED) is 0.209. The second kappa shape index (κ2) is 11.5. The Morgan fingerprint density at radius 2 is 1.78 bits per heavy atom. The second-order valence-corrected chi connectivity index (χ2v) is 8.89. The van der Waals surface area contributed by atoms with Gasteiger partial charge < -0.3 is 0 Å². The Kier molecular flexibility index (Phi) is 7.50. The summed E-state index contributed by atoms with van der Waals surface area (Å²) < 4.78 is 1.90. The zero-order chi connectivity index (χ0) is 25.5. The number of tetrazole rings is 1. The van der Waals surface area contributed by atoms with Crippen molar-refractivity contribution in [1.29, 1.82) is 0 Å². The summed E-state index contributed by atoms with van der Waals surface area (Å²) in [4.78, 5) is 22.2. The Labute approximate surface area is 215 Å². The number of Topliss-reactive ketones (excluding diaryl/α,β-unsaturated/α-hetero) is 1. The molecule has 0 spiro atoms. The van der Waals surface area contributed by atoms with Gasteiger partial charge >= 0.3 is 0 Å². The number of H-pyrrole nitrogens is 1. The molecule has 1 N–H and O–H groups in total. The van der Waals surface area contributed by atoms with E-state index < -0.39 is 0 Å². The number of pyridine rings is 1. The first-order valence-corrected chi connectivity index (χ1v) is 12.5. The minimum Gasteiger partial charge on any atom is -0.290 e. The predicted octanol–water partition coefficient (Wildman–Crippen LogP) is 4.73. The van der Waals surface area contributed by atoms with Crippen LogP contribution in [-0.4, -0.2) is 46.2 Å². The Bertz CT molecular complexity index is 1440. The van der Waals surface area contributed by atoms with E-state index in [0.29, 0.717) is 18.7 Å². The number of hydrogen-bond acceptors (Lipinski definition) is 7. The van der Waals surface area contributed by atoms with Crippen LogP contribution < -0.4 is 0 Å². The molecule has 3 aromatic heterocycles. The summed E-state index contributed by atoms with van der Waals surface area (Å²) in [5.74, 6) is 1.58. The molecule has 0 bridgehead atoms. The van der Waals surface area contributed by atoms with Crippen LogP contribution in [0.3, 0.4) is 0 Å². The third-order valence-electron chi connectivity index (χ3n) is 6.18. The van der Waals surface area contributed by atoms with E-state index >= 15 is 0 Å². The number of nitrogens with one attached hydrogen (secondary N) is 1. The molecule has 3 heterocycles. The van der Waals surface area contributed by atoms with Crippen LogP contribution in [0.25, 0.3) is 22.6 Å². The van der Waals surface area contributed by atoms with E-state index in [0.717, 1.165) is 59.6 Å². The molecule has 2 aromatic carbocycles. The topological polar surface area (TPSA) is 115 Å². The van der Waals surface area contributed by atoms with E-state index in [4.69, 9.17) is 0 Å². The largest absolute Gasteiger partial charge is 0.290 e. The molecule has 0 saturated carbocycles. The van der Waals surface area contributed by atoms with Gasteiger partial charge in [0.1, 0.15) is 5.82 Å². The molecule has 9 heteroatoms. The lowest BCUT2D eigenvalue weighted by molar-refractivity contribution is 0.0982. The fourth-order valence-corrected chi connectivity index (χ4v) is 4.24. The molecule has 37 heavy (non-hydrogen) atoms. The van der Waals surface area contributed by atoms with Gasteiger partial charge in [-0.1, -0.05) is 74.4 Å². The number of aromatic amines is 1. The summed E-state index contributed by atoms with van der Waals surface area (Å²) in [5, 5.41) is 18.8. The van der Waals surface area contributed by atoms with Crippen molar-refractivity contribution in [1.82, 2.24) is 40.4 Å². The van der Waals surface area contributed by atoms with Gasteiger partial charge in [-0.05, 0) is 40.1 Å². The van der Waals surface area contributed by atoms with Crippen molar-refractivity contribution in [2.75, 3.05) is 0 Å². The molecule has 0 fully saturated rings. The predicted molar refractivity (Wildman–Crippen MR) is 140 cm³/mol. The number of hydrogen-bond donors (Lipinski definition) is 1. The molecule has 0 atom stereocenters. The summed E-state index contributed by atoms with van der Waals surface area (Å²) in [5.41, 5.74) is 4.62. The van der Waals surface area contributed by atoms with E-state index in [9.17, 15) is 4.79 Å². The maximum Gasteiger partial charge on any atom is 0.217 e. The summed E-state index contributed by atoms with van der Waals surface area (Å²) in [6.07, 6.45) is 5.85. The van der Waals surface area contributed by atoms with Gasteiger partial charge in [0, 0.05) is 36.7 Å². The van der Waals surface area contributed by atoms with Crippen LogP contribution in [-0.2, 0) is 19.4 Å². The van der Waals surface area contributed by atoms with E-state index in [1.807, 2.05) is 59.3 Å². The van der Waals surface area contributed by atoms with Crippen LogP contribution >= 0.6 is 0 Å². The Hall–Kier alpha value is -4.53. The highest BCUT2D eigenvalue weighted by Gasteiger charge is 2.18. The molecule has 0 radical (unpaired) electrons. The summed E-state index contributed by atoms with van der Waals surface area (Å²) in [6.45, 7) is 2.92. The summed E-state index contributed by atoms with van der Waals surface area (Å²) in [6, 6.07) is 21.7. The average Bonchev–Trinajstić information content (AvgIpc) is 3.61. The van der Waals surface area contributed by atoms with Crippen molar-refractivity contribution in [2.24, 2.45) is 0 Å². The number of carbonyl (C=O) groups is 1. The Morgan fingerprint density at radius 3 is 2.54 bits per heavy atom. The number of aromatic nitrogens is 8. The highest BCUT2D eigenvalue weighted by molar-refractivity contribution is 5.94. The Morgan fingerprint density at radius 1 is 0.946 bits per heavy atom. The Balaban J connectivity index is 1.37. The summed E-state index contributed by atoms with van der Waals surface area (Å²) in [7, 11) is 0. The van der Waals surface area contributed by atoms with E-state index in [1.165, 1.54) is 0 Å². The second-order valence-electron chi connectivity index (χ2n) is 8.89. The highest BCUT2D eigenvalue weighted by atomic mass is 16.1. The van der Waals surface area contributed by atoms with Crippen molar-refractivity contribution in [3.63, 3.8) is 0 Å². The standard InChI is InChI=1S/C28H28N8O/c1-2-3-7-17-36-25(30-28(33-36)24(37)18-20-9-5-4-6-10-20)19-21-12-14-22(15-13-21)26-23(11-8-16-29-26)27-31-34-35-32-27/h4-6,8-16H,2-3,7,17-19H2,1H3,(H,31,32,34,35). The minimum absolute atomic E-state index is 0.0679. The van der Waals surface area contributed by atoms with Crippen LogP contribution in [0.5, 0.6) is 0 Å². The first-order chi connectivity index (χ1) is 18.2. The number of ketones is 1. The molecule has 0 aliphatic rings. The van der Waals surface area contributed by atoms with Gasteiger partial charge in [0.15, 0.2) is 5.82 Å². The van der Waals surface area contributed by atoms with Crippen LogP contribution in [0.4, 0.5) is 0 Å². The van der Waals surface area contributed by atoms with Crippen molar-refractivity contribution in [3.8, 4) is 22.6 Å².